The molecular weight excluding hydrogens is 154 g/mol. The highest BCUT2D eigenvalue weighted by Gasteiger charge is 2.30. The molecule has 1 fully saturated rings. The van der Waals surface area contributed by atoms with Gasteiger partial charge in [0.25, 0.3) is 0 Å². The summed E-state index contributed by atoms with van der Waals surface area (Å²) in [5.74, 6) is -0.384. The fraction of sp³-hybridized carbons (Fsp3) is 0.889. The lowest BCUT2D eigenvalue weighted by molar-refractivity contribution is -0.143. The largest absolute Gasteiger partial charge is 0.481 e. The minimum Gasteiger partial charge on any atom is -0.481 e. The van der Waals surface area contributed by atoms with Gasteiger partial charge < -0.3 is 10.0 Å². The van der Waals surface area contributed by atoms with E-state index < -0.39 is 5.97 Å². The molecule has 1 saturated heterocycles. The predicted octanol–water partition coefficient (Wildman–Crippen LogP) is 1.05. The van der Waals surface area contributed by atoms with E-state index in [0.717, 1.165) is 25.9 Å². The average molecular weight is 171 g/mol. The molecule has 0 aromatic heterocycles. The second-order valence-corrected chi connectivity index (χ2v) is 3.66. The molecule has 2 unspecified atom stereocenters. The standard InChI is InChI=1S/C9H17NO2/c1-3-8(9(11)12)7-4-5-10(2)6-7/h7-8H,3-6H2,1-2H3,(H,11,12). The third kappa shape index (κ3) is 1.97. The Morgan fingerprint density at radius 3 is 2.75 bits per heavy atom. The van der Waals surface area contributed by atoms with Gasteiger partial charge in [-0.05, 0) is 32.4 Å². The number of carboxylic acids is 1. The second-order valence-electron chi connectivity index (χ2n) is 3.66. The first-order valence-corrected chi connectivity index (χ1v) is 4.56. The zero-order valence-corrected chi connectivity index (χ0v) is 7.79. The van der Waals surface area contributed by atoms with Crippen molar-refractivity contribution in [2.24, 2.45) is 11.8 Å². The fourth-order valence-corrected chi connectivity index (χ4v) is 2.01. The molecule has 0 bridgehead atoms. The number of hydrogen-bond acceptors (Lipinski definition) is 2. The Kier molecular flexibility index (Phi) is 3.09. The van der Waals surface area contributed by atoms with E-state index >= 15 is 0 Å². The van der Waals surface area contributed by atoms with Gasteiger partial charge in [0, 0.05) is 6.54 Å². The first-order chi connectivity index (χ1) is 5.65. The van der Waals surface area contributed by atoms with Crippen LogP contribution in [0.4, 0.5) is 0 Å². The van der Waals surface area contributed by atoms with Gasteiger partial charge in [-0.2, -0.15) is 0 Å². The lowest BCUT2D eigenvalue weighted by Crippen LogP contribution is -2.25. The van der Waals surface area contributed by atoms with Crippen molar-refractivity contribution in [2.75, 3.05) is 20.1 Å². The van der Waals surface area contributed by atoms with Gasteiger partial charge in [-0.3, -0.25) is 4.79 Å². The normalized spacial score (nSPS) is 27.3. The maximum Gasteiger partial charge on any atom is 0.306 e. The topological polar surface area (TPSA) is 40.5 Å². The molecule has 0 spiro atoms. The highest BCUT2D eigenvalue weighted by atomic mass is 16.4. The van der Waals surface area contributed by atoms with Crippen LogP contribution in [0, 0.1) is 11.8 Å². The Balaban J connectivity index is 2.49. The molecule has 1 aliphatic heterocycles. The maximum absolute atomic E-state index is 10.8. The second kappa shape index (κ2) is 3.90. The van der Waals surface area contributed by atoms with Crippen LogP contribution < -0.4 is 0 Å². The summed E-state index contributed by atoms with van der Waals surface area (Å²) < 4.78 is 0. The molecule has 12 heavy (non-hydrogen) atoms. The minimum absolute atomic E-state index is 0.130. The van der Waals surface area contributed by atoms with Crippen LogP contribution in [0.1, 0.15) is 19.8 Å². The fourth-order valence-electron chi connectivity index (χ4n) is 2.01. The van der Waals surface area contributed by atoms with Crippen LogP contribution in [0.15, 0.2) is 0 Å². The molecule has 1 aliphatic rings. The van der Waals surface area contributed by atoms with Crippen LogP contribution in [0.3, 0.4) is 0 Å². The van der Waals surface area contributed by atoms with Crippen molar-refractivity contribution in [3.05, 3.63) is 0 Å². The Hall–Kier alpha value is -0.570. The van der Waals surface area contributed by atoms with E-state index in [-0.39, 0.29) is 5.92 Å². The van der Waals surface area contributed by atoms with Crippen LogP contribution >= 0.6 is 0 Å². The predicted molar refractivity (Wildman–Crippen MR) is 47.0 cm³/mol. The van der Waals surface area contributed by atoms with E-state index in [9.17, 15) is 4.79 Å². The number of carbonyl (C=O) groups is 1. The molecule has 0 amide bonds. The quantitative estimate of drug-likeness (QED) is 0.690. The molecule has 0 aromatic rings. The van der Waals surface area contributed by atoms with Gasteiger partial charge in [-0.25, -0.2) is 0 Å². The lowest BCUT2D eigenvalue weighted by Gasteiger charge is -2.17. The zero-order valence-electron chi connectivity index (χ0n) is 7.79. The summed E-state index contributed by atoms with van der Waals surface area (Å²) in [6, 6.07) is 0. The van der Waals surface area contributed by atoms with E-state index in [1.165, 1.54) is 0 Å². The summed E-state index contributed by atoms with van der Waals surface area (Å²) in [7, 11) is 2.05. The van der Waals surface area contributed by atoms with E-state index in [1.54, 1.807) is 0 Å². The molecule has 1 rings (SSSR count). The van der Waals surface area contributed by atoms with Gasteiger partial charge in [-0.1, -0.05) is 6.92 Å². The molecule has 1 N–H and O–H groups in total. The molecule has 1 heterocycles. The van der Waals surface area contributed by atoms with Crippen molar-refractivity contribution in [3.63, 3.8) is 0 Å². The van der Waals surface area contributed by atoms with Crippen LogP contribution in [-0.4, -0.2) is 36.1 Å². The Labute approximate surface area is 73.4 Å². The third-order valence-electron chi connectivity index (χ3n) is 2.75. The lowest BCUT2D eigenvalue weighted by atomic mass is 9.89. The van der Waals surface area contributed by atoms with Crippen molar-refractivity contribution >= 4 is 5.97 Å². The molecule has 0 radical (unpaired) electrons. The summed E-state index contributed by atoms with van der Waals surface area (Å²) in [4.78, 5) is 13.0. The van der Waals surface area contributed by atoms with Gasteiger partial charge in [0.05, 0.1) is 5.92 Å². The van der Waals surface area contributed by atoms with Gasteiger partial charge in [0.15, 0.2) is 0 Å². The van der Waals surface area contributed by atoms with Crippen molar-refractivity contribution in [2.45, 2.75) is 19.8 Å². The third-order valence-corrected chi connectivity index (χ3v) is 2.75. The molecule has 2 atom stereocenters. The molecule has 70 valence electrons. The zero-order chi connectivity index (χ0) is 9.14. The number of nitrogens with zero attached hydrogens (tertiary/aromatic N) is 1. The van der Waals surface area contributed by atoms with Crippen LogP contribution in [0.5, 0.6) is 0 Å². The smallest absolute Gasteiger partial charge is 0.306 e. The monoisotopic (exact) mass is 171 g/mol. The number of aliphatic carboxylic acids is 1. The number of carboxylic acid groups (broad SMARTS) is 1. The molecular formula is C9H17NO2. The molecule has 3 nitrogen and oxygen atoms in total. The summed E-state index contributed by atoms with van der Waals surface area (Å²) in [6.45, 7) is 3.95. The van der Waals surface area contributed by atoms with Gasteiger partial charge in [-0.15, -0.1) is 0 Å². The first-order valence-electron chi connectivity index (χ1n) is 4.56. The van der Waals surface area contributed by atoms with Gasteiger partial charge in [0.2, 0.25) is 0 Å². The Bertz CT molecular complexity index is 170. The number of likely N-dealkylation sites (tertiary alicyclic amines) is 1. The van der Waals surface area contributed by atoms with E-state index in [4.69, 9.17) is 5.11 Å². The van der Waals surface area contributed by atoms with E-state index in [2.05, 4.69) is 11.9 Å². The highest BCUT2D eigenvalue weighted by molar-refractivity contribution is 5.70. The SMILES string of the molecule is CCC(C(=O)O)C1CCN(C)C1. The van der Waals surface area contributed by atoms with Crippen LogP contribution in [-0.2, 0) is 4.79 Å². The van der Waals surface area contributed by atoms with Gasteiger partial charge >= 0.3 is 5.97 Å². The van der Waals surface area contributed by atoms with Crippen molar-refractivity contribution in [1.82, 2.24) is 4.90 Å². The van der Waals surface area contributed by atoms with Gasteiger partial charge in [0.1, 0.15) is 0 Å². The highest BCUT2D eigenvalue weighted by Crippen LogP contribution is 2.25. The van der Waals surface area contributed by atoms with E-state index in [0.29, 0.717) is 5.92 Å². The molecule has 0 saturated carbocycles. The number of hydrogen-bond donors (Lipinski definition) is 1. The summed E-state index contributed by atoms with van der Waals surface area (Å²) in [5, 5.41) is 8.90. The molecule has 0 aliphatic carbocycles. The number of rotatable bonds is 3. The molecule has 3 heteroatoms. The maximum atomic E-state index is 10.8. The summed E-state index contributed by atoms with van der Waals surface area (Å²) in [6.07, 6.45) is 1.80. The minimum atomic E-state index is -0.627. The van der Waals surface area contributed by atoms with Crippen LogP contribution in [0.25, 0.3) is 0 Å². The van der Waals surface area contributed by atoms with Crippen LogP contribution in [0.2, 0.25) is 0 Å². The van der Waals surface area contributed by atoms with Crippen molar-refractivity contribution in [3.8, 4) is 0 Å². The van der Waals surface area contributed by atoms with E-state index in [1.807, 2.05) is 6.92 Å². The Morgan fingerprint density at radius 1 is 1.75 bits per heavy atom. The Morgan fingerprint density at radius 2 is 2.42 bits per heavy atom. The average Bonchev–Trinajstić information content (AvgIpc) is 2.37. The van der Waals surface area contributed by atoms with Crippen molar-refractivity contribution < 1.29 is 9.90 Å². The molecule has 0 aromatic carbocycles. The summed E-state index contributed by atoms with van der Waals surface area (Å²) >= 11 is 0. The van der Waals surface area contributed by atoms with Crippen molar-refractivity contribution in [1.29, 1.82) is 0 Å². The summed E-state index contributed by atoms with van der Waals surface area (Å²) in [5.41, 5.74) is 0. The first kappa shape index (κ1) is 9.52.